The predicted molar refractivity (Wildman–Crippen MR) is 75.8 cm³/mol. The van der Waals surface area contributed by atoms with E-state index >= 15 is 0 Å². The third kappa shape index (κ3) is 1.34. The van der Waals surface area contributed by atoms with E-state index < -0.39 is 25.5 Å². The highest BCUT2D eigenvalue weighted by Gasteiger charge is 2.79. The van der Waals surface area contributed by atoms with Crippen molar-refractivity contribution in [2.24, 2.45) is 17.3 Å². The van der Waals surface area contributed by atoms with E-state index in [0.29, 0.717) is 0 Å². The van der Waals surface area contributed by atoms with Gasteiger partial charge >= 0.3 is 4.87 Å². The van der Waals surface area contributed by atoms with Crippen molar-refractivity contribution >= 4 is 9.84 Å². The van der Waals surface area contributed by atoms with E-state index in [0.717, 1.165) is 12.8 Å². The summed E-state index contributed by atoms with van der Waals surface area (Å²) in [5, 5.41) is 11.8. The first-order valence-corrected chi connectivity index (χ1v) is 8.56. The summed E-state index contributed by atoms with van der Waals surface area (Å²) in [6.07, 6.45) is 5.67. The van der Waals surface area contributed by atoms with E-state index in [-0.39, 0.29) is 22.6 Å². The number of nitrogens with zero attached hydrogens (tertiary/aromatic N) is 1. The molecule has 3 aliphatic rings. The van der Waals surface area contributed by atoms with Gasteiger partial charge < -0.3 is 0 Å². The molecule has 1 aromatic rings. The highest BCUT2D eigenvalue weighted by molar-refractivity contribution is 7.92. The van der Waals surface area contributed by atoms with Crippen molar-refractivity contribution in [3.8, 4) is 0 Å². The second-order valence-electron chi connectivity index (χ2n) is 6.32. The van der Waals surface area contributed by atoms with Crippen molar-refractivity contribution in [1.29, 1.82) is 0 Å². The fourth-order valence-corrected chi connectivity index (χ4v) is 6.53. The molecule has 3 atom stereocenters. The molecule has 0 unspecified atom stereocenters. The average molecular weight is 305 g/mol. The van der Waals surface area contributed by atoms with Crippen LogP contribution in [0.1, 0.15) is 19.3 Å². The molecule has 1 spiro atoms. The maximum absolute atomic E-state index is 13.0. The highest BCUT2D eigenvalue weighted by Crippen LogP contribution is 2.73. The molecule has 3 aliphatic carbocycles. The Hall–Kier alpha value is -1.69. The minimum absolute atomic E-state index is 0.0337. The molecule has 2 fully saturated rings. The summed E-state index contributed by atoms with van der Waals surface area (Å²) in [7, 11) is -4.01. The summed E-state index contributed by atoms with van der Waals surface area (Å²) in [5.41, 5.74) is -0.158. The maximum atomic E-state index is 13.0. The Labute approximate surface area is 122 Å². The molecule has 2 saturated carbocycles. The molecule has 21 heavy (non-hydrogen) atoms. The number of hydrogen-bond acceptors (Lipinski definition) is 4. The molecule has 110 valence electrons. The van der Waals surface area contributed by atoms with Crippen molar-refractivity contribution in [2.75, 3.05) is 0 Å². The molecule has 0 N–H and O–H groups in total. The molecule has 1 aromatic carbocycles. The minimum atomic E-state index is -4.01. The van der Waals surface area contributed by atoms with E-state index in [9.17, 15) is 18.5 Å². The summed E-state index contributed by atoms with van der Waals surface area (Å²) in [4.78, 5) is 9.47. The second-order valence-corrected chi connectivity index (χ2v) is 8.51. The zero-order chi connectivity index (χ0) is 14.9. The average Bonchev–Trinajstić information content (AvgIpc) is 3.14. The quantitative estimate of drug-likeness (QED) is 0.488. The summed E-state index contributed by atoms with van der Waals surface area (Å²) in [5.74, 6) is -0.457. The van der Waals surface area contributed by atoms with Crippen LogP contribution in [0.3, 0.4) is 0 Å². The SMILES string of the molecule is O=[N+]([O-])[C@]1(S(=O)(=O)c2ccccc2)C[C@@H]2C=C[C@H]1C21CC1. The van der Waals surface area contributed by atoms with Gasteiger partial charge in [-0.05, 0) is 36.3 Å². The number of allylic oxidation sites excluding steroid dienone is 1. The van der Waals surface area contributed by atoms with Crippen LogP contribution in [0.5, 0.6) is 0 Å². The normalized spacial score (nSPS) is 35.2. The van der Waals surface area contributed by atoms with Gasteiger partial charge in [-0.15, -0.1) is 0 Å². The highest BCUT2D eigenvalue weighted by atomic mass is 32.2. The van der Waals surface area contributed by atoms with Crippen LogP contribution >= 0.6 is 0 Å². The van der Waals surface area contributed by atoms with Gasteiger partial charge in [-0.1, -0.05) is 30.4 Å². The van der Waals surface area contributed by atoms with E-state index in [2.05, 4.69) is 0 Å². The Morgan fingerprint density at radius 2 is 1.81 bits per heavy atom. The van der Waals surface area contributed by atoms with Gasteiger partial charge in [0.15, 0.2) is 0 Å². The Morgan fingerprint density at radius 1 is 1.14 bits per heavy atom. The molecular formula is C15H15NO4S. The van der Waals surface area contributed by atoms with E-state index in [1.54, 1.807) is 24.3 Å². The molecule has 0 heterocycles. The Kier molecular flexibility index (Phi) is 2.32. The number of benzene rings is 1. The topological polar surface area (TPSA) is 77.3 Å². The zero-order valence-corrected chi connectivity index (χ0v) is 12.1. The van der Waals surface area contributed by atoms with Crippen molar-refractivity contribution < 1.29 is 13.3 Å². The Balaban J connectivity index is 1.92. The van der Waals surface area contributed by atoms with Crippen LogP contribution in [0.15, 0.2) is 47.4 Å². The molecular weight excluding hydrogens is 290 g/mol. The van der Waals surface area contributed by atoms with E-state index in [4.69, 9.17) is 0 Å². The monoisotopic (exact) mass is 305 g/mol. The van der Waals surface area contributed by atoms with Crippen molar-refractivity contribution in [2.45, 2.75) is 29.0 Å². The molecule has 0 aliphatic heterocycles. The lowest BCUT2D eigenvalue weighted by Gasteiger charge is -2.27. The van der Waals surface area contributed by atoms with Gasteiger partial charge in [0, 0.05) is 11.3 Å². The fraction of sp³-hybridized carbons (Fsp3) is 0.467. The first kappa shape index (κ1) is 13.0. The van der Waals surface area contributed by atoms with Crippen molar-refractivity contribution in [3.05, 3.63) is 52.6 Å². The van der Waals surface area contributed by atoms with Gasteiger partial charge in [0.25, 0.3) is 0 Å². The largest absolute Gasteiger partial charge is 0.330 e. The zero-order valence-electron chi connectivity index (χ0n) is 11.3. The van der Waals surface area contributed by atoms with Gasteiger partial charge in [-0.2, -0.15) is 0 Å². The lowest BCUT2D eigenvalue weighted by molar-refractivity contribution is -0.546. The van der Waals surface area contributed by atoms with Crippen LogP contribution < -0.4 is 0 Å². The molecule has 0 saturated heterocycles. The van der Waals surface area contributed by atoms with Crippen LogP contribution in [0, 0.1) is 27.4 Å². The van der Waals surface area contributed by atoms with E-state index in [1.807, 2.05) is 6.08 Å². The molecule has 0 amide bonds. The van der Waals surface area contributed by atoms with Gasteiger partial charge in [-0.25, -0.2) is 8.42 Å². The number of rotatable bonds is 3. The Morgan fingerprint density at radius 3 is 2.33 bits per heavy atom. The van der Waals surface area contributed by atoms with Crippen LogP contribution in [-0.4, -0.2) is 18.2 Å². The fourth-order valence-electron chi connectivity index (χ4n) is 4.36. The van der Waals surface area contributed by atoms with Gasteiger partial charge in [0.2, 0.25) is 9.84 Å². The van der Waals surface area contributed by atoms with Crippen LogP contribution in [-0.2, 0) is 9.84 Å². The van der Waals surface area contributed by atoms with Gasteiger partial charge in [0.1, 0.15) is 0 Å². The summed E-state index contributed by atoms with van der Waals surface area (Å²) < 4.78 is 26.1. The minimum Gasteiger partial charge on any atom is -0.263 e. The molecule has 2 bridgehead atoms. The molecule has 6 heteroatoms. The van der Waals surface area contributed by atoms with Gasteiger partial charge in [-0.3, -0.25) is 10.1 Å². The summed E-state index contributed by atoms with van der Waals surface area (Å²) >= 11 is 0. The van der Waals surface area contributed by atoms with Crippen molar-refractivity contribution in [3.63, 3.8) is 0 Å². The maximum Gasteiger partial charge on any atom is 0.330 e. The smallest absolute Gasteiger partial charge is 0.263 e. The molecule has 0 aromatic heterocycles. The van der Waals surface area contributed by atoms with Crippen molar-refractivity contribution in [1.82, 2.24) is 0 Å². The first-order chi connectivity index (χ1) is 9.95. The number of sulfone groups is 1. The van der Waals surface area contributed by atoms with Crippen LogP contribution in [0.25, 0.3) is 0 Å². The molecule has 4 rings (SSSR count). The molecule has 5 nitrogen and oxygen atoms in total. The standard InChI is InChI=1S/C15H15NO4S/c17-16(18)15(21(19,20)12-4-2-1-3-5-12)10-11-6-7-13(15)14(11)8-9-14/h1-7,11,13H,8-10H2/t11-,13-,15-/m0/s1. The summed E-state index contributed by atoms with van der Waals surface area (Å²) in [6.45, 7) is 0. The number of hydrogen-bond donors (Lipinski definition) is 0. The summed E-state index contributed by atoms with van der Waals surface area (Å²) in [6, 6.07) is 7.83. The third-order valence-electron chi connectivity index (χ3n) is 5.55. The molecule has 0 radical (unpaired) electrons. The number of nitro groups is 1. The van der Waals surface area contributed by atoms with Crippen LogP contribution in [0.2, 0.25) is 0 Å². The van der Waals surface area contributed by atoms with Crippen LogP contribution in [0.4, 0.5) is 0 Å². The predicted octanol–water partition coefficient (Wildman–Crippen LogP) is 2.42. The van der Waals surface area contributed by atoms with Gasteiger partial charge in [0.05, 0.1) is 10.8 Å². The first-order valence-electron chi connectivity index (χ1n) is 7.08. The second kappa shape index (κ2) is 3.74. The lowest BCUT2D eigenvalue weighted by Crippen LogP contribution is -2.50. The lowest BCUT2D eigenvalue weighted by atomic mass is 9.92. The Bertz CT molecular complexity index is 751. The third-order valence-corrected chi connectivity index (χ3v) is 7.94. The van der Waals surface area contributed by atoms with E-state index in [1.165, 1.54) is 12.1 Å².